The second-order valence-corrected chi connectivity index (χ2v) is 9.28. The van der Waals surface area contributed by atoms with Crippen molar-refractivity contribution < 1.29 is 0 Å². The summed E-state index contributed by atoms with van der Waals surface area (Å²) in [6, 6.07) is 5.24. The summed E-state index contributed by atoms with van der Waals surface area (Å²) in [6.07, 6.45) is 0. The van der Waals surface area contributed by atoms with Crippen molar-refractivity contribution in [3.63, 3.8) is 0 Å². The standard InChI is InChI=1S/C22H33N/c1-12-10-17-16(5)23-20-15(4)22(8,9)21(6,7)14(3)19(20)18(17)11-13(12)2/h10-11,14-15,19-20H,1-9H3. The zero-order valence-corrected chi connectivity index (χ0v) is 16.4. The van der Waals surface area contributed by atoms with Crippen LogP contribution in [0.25, 0.3) is 0 Å². The van der Waals surface area contributed by atoms with Crippen LogP contribution in [0.1, 0.15) is 76.6 Å². The maximum absolute atomic E-state index is 5.23. The minimum atomic E-state index is 0.286. The number of nitrogens with zero attached hydrogens (tertiary/aromatic N) is 1. The Balaban J connectivity index is 2.24. The quantitative estimate of drug-likeness (QED) is 0.564. The first-order chi connectivity index (χ1) is 10.5. The normalized spacial score (nSPS) is 34.4. The van der Waals surface area contributed by atoms with Crippen LogP contribution < -0.4 is 0 Å². The van der Waals surface area contributed by atoms with Crippen molar-refractivity contribution in [3.05, 3.63) is 34.4 Å². The van der Waals surface area contributed by atoms with E-state index in [0.29, 0.717) is 29.2 Å². The topological polar surface area (TPSA) is 12.4 Å². The molecule has 0 aromatic heterocycles. The SMILES string of the molecule is CC1=NC2C(c3cc(C)c(C)cc31)C(C)C(C)(C)C(C)(C)C2C. The lowest BCUT2D eigenvalue weighted by Crippen LogP contribution is -2.56. The van der Waals surface area contributed by atoms with Gasteiger partial charge in [0.15, 0.2) is 0 Å². The minimum Gasteiger partial charge on any atom is -0.285 e. The van der Waals surface area contributed by atoms with Crippen LogP contribution in [0.2, 0.25) is 0 Å². The number of rotatable bonds is 0. The number of aryl methyl sites for hydroxylation is 2. The molecular weight excluding hydrogens is 278 g/mol. The first kappa shape index (κ1) is 16.7. The molecule has 0 bridgehead atoms. The van der Waals surface area contributed by atoms with E-state index < -0.39 is 0 Å². The molecule has 1 nitrogen and oxygen atoms in total. The van der Waals surface area contributed by atoms with Crippen LogP contribution in [0.15, 0.2) is 17.1 Å². The predicted octanol–water partition coefficient (Wildman–Crippen LogP) is 5.92. The minimum absolute atomic E-state index is 0.286. The Morgan fingerprint density at radius 2 is 1.35 bits per heavy atom. The Morgan fingerprint density at radius 3 is 1.96 bits per heavy atom. The molecule has 1 aromatic rings. The van der Waals surface area contributed by atoms with Gasteiger partial charge >= 0.3 is 0 Å². The highest BCUT2D eigenvalue weighted by Crippen LogP contribution is 2.62. The Kier molecular flexibility index (Phi) is 3.60. The van der Waals surface area contributed by atoms with Gasteiger partial charge in [-0.3, -0.25) is 4.99 Å². The van der Waals surface area contributed by atoms with Crippen LogP contribution in [0, 0.1) is 36.5 Å². The number of aliphatic imine (C=N–C) groups is 1. The highest BCUT2D eigenvalue weighted by molar-refractivity contribution is 6.01. The Hall–Kier alpha value is -1.11. The molecule has 126 valence electrons. The van der Waals surface area contributed by atoms with Crippen LogP contribution >= 0.6 is 0 Å². The average Bonchev–Trinajstić information content (AvgIpc) is 2.46. The average molecular weight is 312 g/mol. The largest absolute Gasteiger partial charge is 0.285 e. The van der Waals surface area contributed by atoms with E-state index in [4.69, 9.17) is 4.99 Å². The van der Waals surface area contributed by atoms with Gasteiger partial charge in [0.05, 0.1) is 6.04 Å². The second kappa shape index (κ2) is 4.94. The van der Waals surface area contributed by atoms with Gasteiger partial charge in [0.1, 0.15) is 0 Å². The van der Waals surface area contributed by atoms with Crippen molar-refractivity contribution in [2.75, 3.05) is 0 Å². The fourth-order valence-corrected chi connectivity index (χ4v) is 5.02. The van der Waals surface area contributed by atoms with E-state index in [9.17, 15) is 0 Å². The number of hydrogen-bond donors (Lipinski definition) is 0. The molecule has 0 amide bonds. The summed E-state index contributed by atoms with van der Waals surface area (Å²) in [4.78, 5) is 5.23. The van der Waals surface area contributed by atoms with E-state index in [1.54, 1.807) is 5.56 Å². The van der Waals surface area contributed by atoms with Crippen LogP contribution in [0.4, 0.5) is 0 Å². The van der Waals surface area contributed by atoms with Crippen LogP contribution in [0.3, 0.4) is 0 Å². The van der Waals surface area contributed by atoms with Crippen LogP contribution in [-0.4, -0.2) is 11.8 Å². The number of fused-ring (bicyclic) bond motifs is 3. The monoisotopic (exact) mass is 311 g/mol. The summed E-state index contributed by atoms with van der Waals surface area (Å²) < 4.78 is 0. The molecule has 1 heterocycles. The van der Waals surface area contributed by atoms with Gasteiger partial charge in [-0.05, 0) is 71.8 Å². The van der Waals surface area contributed by atoms with E-state index in [2.05, 4.69) is 74.4 Å². The van der Waals surface area contributed by atoms with Gasteiger partial charge in [-0.25, -0.2) is 0 Å². The lowest BCUT2D eigenvalue weighted by molar-refractivity contribution is -0.0691. The van der Waals surface area contributed by atoms with Gasteiger partial charge in [-0.2, -0.15) is 0 Å². The fraction of sp³-hybridized carbons (Fsp3) is 0.682. The van der Waals surface area contributed by atoms with Gasteiger partial charge in [0, 0.05) is 11.6 Å². The van der Waals surface area contributed by atoms with Crippen molar-refractivity contribution >= 4 is 5.71 Å². The molecule has 0 radical (unpaired) electrons. The van der Waals surface area contributed by atoms with Crippen molar-refractivity contribution in [3.8, 4) is 0 Å². The lowest BCUT2D eigenvalue weighted by atomic mass is 9.46. The molecule has 0 N–H and O–H groups in total. The molecule has 0 spiro atoms. The van der Waals surface area contributed by atoms with E-state index in [-0.39, 0.29) is 5.41 Å². The van der Waals surface area contributed by atoms with Crippen molar-refractivity contribution in [1.82, 2.24) is 0 Å². The summed E-state index contributed by atoms with van der Waals surface area (Å²) in [7, 11) is 0. The summed E-state index contributed by atoms with van der Waals surface area (Å²) in [5.41, 5.74) is 7.56. The third-order valence-electron chi connectivity index (χ3n) is 8.11. The number of hydrogen-bond acceptors (Lipinski definition) is 1. The van der Waals surface area contributed by atoms with Gasteiger partial charge in [0.2, 0.25) is 0 Å². The number of benzene rings is 1. The van der Waals surface area contributed by atoms with E-state index in [1.165, 1.54) is 22.4 Å². The molecule has 2 aliphatic rings. The lowest BCUT2D eigenvalue weighted by Gasteiger charge is -2.60. The Morgan fingerprint density at radius 1 is 0.826 bits per heavy atom. The molecule has 1 aliphatic heterocycles. The zero-order valence-electron chi connectivity index (χ0n) is 16.4. The Bertz CT molecular complexity index is 677. The molecular formula is C22H33N. The fourth-order valence-electron chi connectivity index (χ4n) is 5.02. The van der Waals surface area contributed by atoms with E-state index >= 15 is 0 Å². The van der Waals surface area contributed by atoms with Gasteiger partial charge in [0.25, 0.3) is 0 Å². The van der Waals surface area contributed by atoms with Crippen LogP contribution in [0.5, 0.6) is 0 Å². The molecule has 23 heavy (non-hydrogen) atoms. The first-order valence-electron chi connectivity index (χ1n) is 9.16. The Labute approximate surface area is 142 Å². The molecule has 4 unspecified atom stereocenters. The predicted molar refractivity (Wildman–Crippen MR) is 101 cm³/mol. The van der Waals surface area contributed by atoms with Crippen molar-refractivity contribution in [2.24, 2.45) is 27.7 Å². The molecule has 4 atom stereocenters. The van der Waals surface area contributed by atoms with Crippen LogP contribution in [-0.2, 0) is 0 Å². The maximum atomic E-state index is 5.23. The summed E-state index contributed by atoms with van der Waals surface area (Å²) in [6.45, 7) is 21.4. The van der Waals surface area contributed by atoms with E-state index in [1.807, 2.05) is 0 Å². The van der Waals surface area contributed by atoms with E-state index in [0.717, 1.165) is 0 Å². The molecule has 1 fully saturated rings. The first-order valence-corrected chi connectivity index (χ1v) is 9.16. The molecule has 1 aromatic carbocycles. The van der Waals surface area contributed by atoms with Gasteiger partial charge in [-0.1, -0.05) is 47.6 Å². The molecule has 1 aliphatic carbocycles. The molecule has 3 rings (SSSR count). The third-order valence-corrected chi connectivity index (χ3v) is 8.11. The highest BCUT2D eigenvalue weighted by atomic mass is 14.9. The smallest absolute Gasteiger partial charge is 0.0605 e. The van der Waals surface area contributed by atoms with Gasteiger partial charge < -0.3 is 0 Å². The molecule has 0 saturated heterocycles. The van der Waals surface area contributed by atoms with Crippen molar-refractivity contribution in [2.45, 2.75) is 74.3 Å². The maximum Gasteiger partial charge on any atom is 0.0605 e. The van der Waals surface area contributed by atoms with Crippen molar-refractivity contribution in [1.29, 1.82) is 0 Å². The summed E-state index contributed by atoms with van der Waals surface area (Å²) >= 11 is 0. The molecule has 1 heteroatoms. The molecule has 1 saturated carbocycles. The summed E-state index contributed by atoms with van der Waals surface area (Å²) in [5.74, 6) is 1.76. The van der Waals surface area contributed by atoms with Gasteiger partial charge in [-0.15, -0.1) is 0 Å². The zero-order chi connectivity index (χ0) is 17.3. The summed E-state index contributed by atoms with van der Waals surface area (Å²) in [5, 5.41) is 0. The second-order valence-electron chi connectivity index (χ2n) is 9.28. The highest BCUT2D eigenvalue weighted by Gasteiger charge is 2.57. The third kappa shape index (κ3) is 2.08.